The number of hydrogen-bond donors (Lipinski definition) is 1. The van der Waals surface area contributed by atoms with Crippen molar-refractivity contribution < 1.29 is 4.74 Å². The van der Waals surface area contributed by atoms with Crippen LogP contribution in [0.4, 0.5) is 0 Å². The van der Waals surface area contributed by atoms with Gasteiger partial charge in [0, 0.05) is 11.9 Å². The Balaban J connectivity index is 2.39. The SMILES string of the molecule is c1cc2c([nH]1)COCC2. The van der Waals surface area contributed by atoms with E-state index in [4.69, 9.17) is 4.74 Å². The van der Waals surface area contributed by atoms with Crippen molar-refractivity contribution in [2.24, 2.45) is 0 Å². The summed E-state index contributed by atoms with van der Waals surface area (Å²) in [6.45, 7) is 1.65. The zero-order valence-electron chi connectivity index (χ0n) is 5.18. The molecule has 0 aromatic carbocycles. The summed E-state index contributed by atoms with van der Waals surface area (Å²) in [6.07, 6.45) is 3.04. The Morgan fingerprint density at radius 3 is 3.44 bits per heavy atom. The maximum absolute atomic E-state index is 5.22. The van der Waals surface area contributed by atoms with E-state index in [0.717, 1.165) is 19.6 Å². The molecule has 0 saturated carbocycles. The van der Waals surface area contributed by atoms with Gasteiger partial charge in [0.25, 0.3) is 0 Å². The summed E-state index contributed by atoms with van der Waals surface area (Å²) in [6, 6.07) is 2.12. The second kappa shape index (κ2) is 1.88. The van der Waals surface area contributed by atoms with E-state index < -0.39 is 0 Å². The van der Waals surface area contributed by atoms with E-state index in [-0.39, 0.29) is 0 Å². The molecule has 1 aliphatic heterocycles. The molecule has 9 heavy (non-hydrogen) atoms. The van der Waals surface area contributed by atoms with E-state index >= 15 is 0 Å². The van der Waals surface area contributed by atoms with Gasteiger partial charge in [-0.2, -0.15) is 0 Å². The summed E-state index contributed by atoms with van der Waals surface area (Å²) in [5.74, 6) is 0. The standard InChI is InChI=1S/C7H9NO/c1-3-8-7-5-9-4-2-6(1)7/h1,3,8H,2,4-5H2. The molecule has 0 amide bonds. The quantitative estimate of drug-likeness (QED) is 0.548. The van der Waals surface area contributed by atoms with Crippen LogP contribution in [-0.4, -0.2) is 11.6 Å². The van der Waals surface area contributed by atoms with Gasteiger partial charge in [-0.15, -0.1) is 0 Å². The van der Waals surface area contributed by atoms with E-state index in [1.807, 2.05) is 6.20 Å². The minimum atomic E-state index is 0.766. The molecule has 0 spiro atoms. The Hall–Kier alpha value is -0.760. The Labute approximate surface area is 53.8 Å². The predicted octanol–water partition coefficient (Wildman–Crippen LogP) is 1.09. The number of rotatable bonds is 0. The predicted molar refractivity (Wildman–Crippen MR) is 34.2 cm³/mol. The number of H-pyrrole nitrogens is 1. The first kappa shape index (κ1) is 5.06. The summed E-state index contributed by atoms with van der Waals surface area (Å²) in [5.41, 5.74) is 2.67. The number of hydrogen-bond acceptors (Lipinski definition) is 1. The highest BCUT2D eigenvalue weighted by Crippen LogP contribution is 2.13. The van der Waals surface area contributed by atoms with Crippen LogP contribution in [0.5, 0.6) is 0 Å². The monoisotopic (exact) mass is 123 g/mol. The summed E-state index contributed by atoms with van der Waals surface area (Å²) in [4.78, 5) is 3.13. The van der Waals surface area contributed by atoms with Crippen LogP contribution in [0.2, 0.25) is 0 Å². The van der Waals surface area contributed by atoms with Gasteiger partial charge in [-0.3, -0.25) is 0 Å². The van der Waals surface area contributed by atoms with Crippen LogP contribution >= 0.6 is 0 Å². The first-order valence-corrected chi connectivity index (χ1v) is 3.20. The van der Waals surface area contributed by atoms with E-state index in [1.54, 1.807) is 0 Å². The second-order valence-corrected chi connectivity index (χ2v) is 2.28. The third kappa shape index (κ3) is 0.754. The molecule has 0 unspecified atom stereocenters. The van der Waals surface area contributed by atoms with E-state index in [1.165, 1.54) is 11.3 Å². The van der Waals surface area contributed by atoms with Crippen LogP contribution in [0, 0.1) is 0 Å². The van der Waals surface area contributed by atoms with Gasteiger partial charge in [0.05, 0.1) is 13.2 Å². The minimum Gasteiger partial charge on any atom is -0.375 e. The summed E-state index contributed by atoms with van der Waals surface area (Å²) >= 11 is 0. The maximum atomic E-state index is 5.22. The molecule has 0 atom stereocenters. The summed E-state index contributed by atoms with van der Waals surface area (Å²) in [7, 11) is 0. The molecule has 2 heterocycles. The van der Waals surface area contributed by atoms with E-state index in [0.29, 0.717) is 0 Å². The third-order valence-electron chi connectivity index (χ3n) is 1.69. The fraction of sp³-hybridized carbons (Fsp3) is 0.429. The Bertz CT molecular complexity index is 184. The molecule has 1 aliphatic rings. The Morgan fingerprint density at radius 1 is 1.56 bits per heavy atom. The number of aromatic amines is 1. The molecular weight excluding hydrogens is 114 g/mol. The average molecular weight is 123 g/mol. The second-order valence-electron chi connectivity index (χ2n) is 2.28. The topological polar surface area (TPSA) is 25.0 Å². The molecular formula is C7H9NO. The number of aromatic nitrogens is 1. The maximum Gasteiger partial charge on any atom is 0.0868 e. The zero-order valence-corrected chi connectivity index (χ0v) is 5.18. The fourth-order valence-corrected chi connectivity index (χ4v) is 1.16. The van der Waals surface area contributed by atoms with Crippen molar-refractivity contribution in [3.8, 4) is 0 Å². The van der Waals surface area contributed by atoms with E-state index in [9.17, 15) is 0 Å². The fourth-order valence-electron chi connectivity index (χ4n) is 1.16. The van der Waals surface area contributed by atoms with Crippen LogP contribution in [0.25, 0.3) is 0 Å². The Kier molecular flexibility index (Phi) is 1.06. The average Bonchev–Trinajstić information content (AvgIpc) is 2.33. The molecule has 2 rings (SSSR count). The van der Waals surface area contributed by atoms with Gasteiger partial charge in [-0.1, -0.05) is 0 Å². The van der Waals surface area contributed by atoms with Crippen molar-refractivity contribution >= 4 is 0 Å². The van der Waals surface area contributed by atoms with Crippen molar-refractivity contribution in [2.45, 2.75) is 13.0 Å². The van der Waals surface area contributed by atoms with E-state index in [2.05, 4.69) is 11.1 Å². The largest absolute Gasteiger partial charge is 0.375 e. The molecule has 48 valence electrons. The van der Waals surface area contributed by atoms with Gasteiger partial charge in [0.15, 0.2) is 0 Å². The van der Waals surface area contributed by atoms with Crippen LogP contribution in [0.15, 0.2) is 12.3 Å². The van der Waals surface area contributed by atoms with Crippen molar-refractivity contribution in [1.82, 2.24) is 4.98 Å². The molecule has 0 saturated heterocycles. The smallest absolute Gasteiger partial charge is 0.0868 e. The molecule has 0 bridgehead atoms. The van der Waals surface area contributed by atoms with Crippen molar-refractivity contribution in [3.05, 3.63) is 23.5 Å². The molecule has 0 fully saturated rings. The van der Waals surface area contributed by atoms with Crippen molar-refractivity contribution in [3.63, 3.8) is 0 Å². The van der Waals surface area contributed by atoms with Crippen LogP contribution in [0.3, 0.4) is 0 Å². The molecule has 0 radical (unpaired) electrons. The highest BCUT2D eigenvalue weighted by Gasteiger charge is 2.07. The van der Waals surface area contributed by atoms with Gasteiger partial charge in [0.2, 0.25) is 0 Å². The number of ether oxygens (including phenoxy) is 1. The molecule has 1 aromatic heterocycles. The molecule has 1 N–H and O–H groups in total. The Morgan fingerprint density at radius 2 is 2.56 bits per heavy atom. The molecule has 2 heteroatoms. The van der Waals surface area contributed by atoms with Crippen molar-refractivity contribution in [2.75, 3.05) is 6.61 Å². The zero-order chi connectivity index (χ0) is 6.10. The first-order chi connectivity index (χ1) is 4.47. The lowest BCUT2D eigenvalue weighted by atomic mass is 10.1. The first-order valence-electron chi connectivity index (χ1n) is 3.20. The lowest BCUT2D eigenvalue weighted by molar-refractivity contribution is 0.108. The highest BCUT2D eigenvalue weighted by atomic mass is 16.5. The summed E-state index contributed by atoms with van der Waals surface area (Å²) in [5, 5.41) is 0. The van der Waals surface area contributed by atoms with Gasteiger partial charge >= 0.3 is 0 Å². The van der Waals surface area contributed by atoms with Crippen LogP contribution in [0.1, 0.15) is 11.3 Å². The van der Waals surface area contributed by atoms with Gasteiger partial charge in [-0.05, 0) is 18.1 Å². The molecule has 1 aromatic rings. The third-order valence-corrected chi connectivity index (χ3v) is 1.69. The number of nitrogens with one attached hydrogen (secondary N) is 1. The normalized spacial score (nSPS) is 17.3. The van der Waals surface area contributed by atoms with Gasteiger partial charge in [0.1, 0.15) is 0 Å². The van der Waals surface area contributed by atoms with Crippen LogP contribution in [-0.2, 0) is 17.8 Å². The highest BCUT2D eigenvalue weighted by molar-refractivity contribution is 5.21. The van der Waals surface area contributed by atoms with Crippen LogP contribution < -0.4 is 0 Å². The lowest BCUT2D eigenvalue weighted by Crippen LogP contribution is -2.07. The van der Waals surface area contributed by atoms with Gasteiger partial charge in [-0.25, -0.2) is 0 Å². The van der Waals surface area contributed by atoms with Crippen molar-refractivity contribution in [1.29, 1.82) is 0 Å². The lowest BCUT2D eigenvalue weighted by Gasteiger charge is -2.10. The molecule has 0 aliphatic carbocycles. The molecule has 2 nitrogen and oxygen atoms in total. The minimum absolute atomic E-state index is 0.766. The summed E-state index contributed by atoms with van der Waals surface area (Å²) < 4.78 is 5.22. The van der Waals surface area contributed by atoms with Gasteiger partial charge < -0.3 is 9.72 Å². The number of fused-ring (bicyclic) bond motifs is 1.